The molecular formula is C15H21NO3. The van der Waals surface area contributed by atoms with Gasteiger partial charge in [-0.1, -0.05) is 32.0 Å². The summed E-state index contributed by atoms with van der Waals surface area (Å²) in [5.41, 5.74) is 1.09. The molecule has 19 heavy (non-hydrogen) atoms. The number of carboxylic acid groups (broad SMARTS) is 1. The fraction of sp³-hybridized carbons (Fsp3) is 0.467. The van der Waals surface area contributed by atoms with Gasteiger partial charge in [-0.05, 0) is 24.5 Å². The zero-order chi connectivity index (χ0) is 14.3. The summed E-state index contributed by atoms with van der Waals surface area (Å²) in [6.45, 7) is 5.46. The van der Waals surface area contributed by atoms with Crippen molar-refractivity contribution in [2.75, 3.05) is 13.1 Å². The second-order valence-electron chi connectivity index (χ2n) is 4.52. The van der Waals surface area contributed by atoms with E-state index in [4.69, 9.17) is 5.11 Å². The summed E-state index contributed by atoms with van der Waals surface area (Å²) in [5, 5.41) is 8.89. The van der Waals surface area contributed by atoms with E-state index in [0.29, 0.717) is 24.2 Å². The van der Waals surface area contributed by atoms with Gasteiger partial charge < -0.3 is 10.0 Å². The lowest BCUT2D eigenvalue weighted by Gasteiger charge is -2.22. The lowest BCUT2D eigenvalue weighted by atomic mass is 10.0. The normalized spacial score (nSPS) is 10.2. The molecule has 0 heterocycles. The Morgan fingerprint density at radius 1 is 1.11 bits per heavy atom. The van der Waals surface area contributed by atoms with Crippen LogP contribution in [0, 0.1) is 0 Å². The van der Waals surface area contributed by atoms with Gasteiger partial charge in [-0.3, -0.25) is 9.59 Å². The van der Waals surface area contributed by atoms with Crippen LogP contribution in [0.4, 0.5) is 0 Å². The zero-order valence-electron chi connectivity index (χ0n) is 11.6. The molecule has 0 atom stereocenters. The topological polar surface area (TPSA) is 57.6 Å². The largest absolute Gasteiger partial charge is 0.481 e. The molecule has 4 nitrogen and oxygen atoms in total. The molecule has 1 rings (SSSR count). The van der Waals surface area contributed by atoms with Crippen LogP contribution < -0.4 is 0 Å². The average molecular weight is 263 g/mol. The lowest BCUT2D eigenvalue weighted by molar-refractivity contribution is -0.136. The molecule has 1 N–H and O–H groups in total. The highest BCUT2D eigenvalue weighted by molar-refractivity contribution is 5.96. The van der Waals surface area contributed by atoms with Gasteiger partial charge in [0.25, 0.3) is 5.91 Å². The minimum absolute atomic E-state index is 0.0689. The first-order valence-corrected chi connectivity index (χ1v) is 6.69. The fourth-order valence-electron chi connectivity index (χ4n) is 2.07. The van der Waals surface area contributed by atoms with Crippen molar-refractivity contribution in [1.82, 2.24) is 4.90 Å². The summed E-state index contributed by atoms with van der Waals surface area (Å²) >= 11 is 0. The molecule has 0 aliphatic carbocycles. The Morgan fingerprint density at radius 3 is 2.21 bits per heavy atom. The van der Waals surface area contributed by atoms with Crippen LogP contribution >= 0.6 is 0 Å². The molecule has 4 heteroatoms. The number of amides is 1. The van der Waals surface area contributed by atoms with E-state index in [1.165, 1.54) is 0 Å². The Morgan fingerprint density at radius 2 is 1.68 bits per heavy atom. The minimum Gasteiger partial charge on any atom is -0.481 e. The van der Waals surface area contributed by atoms with E-state index in [1.54, 1.807) is 29.2 Å². The van der Waals surface area contributed by atoms with Gasteiger partial charge in [0.1, 0.15) is 0 Å². The number of rotatable bonds is 7. The Kier molecular flexibility index (Phi) is 6.06. The number of aliphatic carboxylic acids is 1. The van der Waals surface area contributed by atoms with E-state index in [9.17, 15) is 9.59 Å². The number of nitrogens with zero attached hydrogens (tertiary/aromatic N) is 1. The Balaban J connectivity index is 2.99. The standard InChI is InChI=1S/C15H21NO3/c1-3-9-16(10-4-2)15(19)13-8-6-5-7-12(13)11-14(17)18/h5-8H,3-4,9-11H2,1-2H3,(H,17,18). The van der Waals surface area contributed by atoms with Crippen molar-refractivity contribution in [1.29, 1.82) is 0 Å². The first-order chi connectivity index (χ1) is 9.10. The molecule has 104 valence electrons. The van der Waals surface area contributed by atoms with Gasteiger partial charge >= 0.3 is 5.97 Å². The second-order valence-corrected chi connectivity index (χ2v) is 4.52. The number of carbonyl (C=O) groups is 2. The third kappa shape index (κ3) is 4.39. The summed E-state index contributed by atoms with van der Waals surface area (Å²) in [6, 6.07) is 6.95. The van der Waals surface area contributed by atoms with Crippen molar-refractivity contribution >= 4 is 11.9 Å². The van der Waals surface area contributed by atoms with E-state index in [-0.39, 0.29) is 12.3 Å². The third-order valence-electron chi connectivity index (χ3n) is 2.86. The molecule has 0 saturated carbocycles. The summed E-state index contributed by atoms with van der Waals surface area (Å²) < 4.78 is 0. The molecule has 1 aromatic rings. The van der Waals surface area contributed by atoms with Crippen LogP contribution in [0.5, 0.6) is 0 Å². The molecule has 0 fully saturated rings. The maximum atomic E-state index is 12.5. The van der Waals surface area contributed by atoms with Crippen molar-refractivity contribution in [3.8, 4) is 0 Å². The minimum atomic E-state index is -0.919. The predicted molar refractivity (Wildman–Crippen MR) is 74.3 cm³/mol. The summed E-state index contributed by atoms with van der Waals surface area (Å²) in [7, 11) is 0. The van der Waals surface area contributed by atoms with Crippen molar-refractivity contribution in [2.45, 2.75) is 33.1 Å². The highest BCUT2D eigenvalue weighted by Gasteiger charge is 2.18. The number of carbonyl (C=O) groups excluding carboxylic acids is 1. The Hall–Kier alpha value is -1.84. The van der Waals surface area contributed by atoms with Crippen LogP contribution in [0.15, 0.2) is 24.3 Å². The first kappa shape index (κ1) is 15.2. The smallest absolute Gasteiger partial charge is 0.307 e. The molecule has 0 saturated heterocycles. The molecule has 1 amide bonds. The summed E-state index contributed by atoms with van der Waals surface area (Å²) in [4.78, 5) is 25.1. The zero-order valence-corrected chi connectivity index (χ0v) is 11.6. The number of hydrogen-bond donors (Lipinski definition) is 1. The maximum Gasteiger partial charge on any atom is 0.307 e. The van der Waals surface area contributed by atoms with Crippen LogP contribution in [0.25, 0.3) is 0 Å². The molecule has 0 bridgehead atoms. The molecule has 0 radical (unpaired) electrons. The summed E-state index contributed by atoms with van der Waals surface area (Å²) in [6.07, 6.45) is 1.67. The van der Waals surface area contributed by atoms with E-state index < -0.39 is 5.97 Å². The van der Waals surface area contributed by atoms with E-state index in [2.05, 4.69) is 0 Å². The molecule has 0 unspecified atom stereocenters. The SMILES string of the molecule is CCCN(CCC)C(=O)c1ccccc1CC(=O)O. The Labute approximate surface area is 114 Å². The van der Waals surface area contributed by atoms with Crippen LogP contribution in [0.1, 0.15) is 42.6 Å². The maximum absolute atomic E-state index is 12.5. The quantitative estimate of drug-likeness (QED) is 0.822. The average Bonchev–Trinajstić information content (AvgIpc) is 2.38. The number of carboxylic acids is 1. The van der Waals surface area contributed by atoms with E-state index in [1.807, 2.05) is 13.8 Å². The molecular weight excluding hydrogens is 242 g/mol. The van der Waals surface area contributed by atoms with Crippen LogP contribution in [-0.2, 0) is 11.2 Å². The van der Waals surface area contributed by atoms with Gasteiger partial charge in [-0.25, -0.2) is 0 Å². The van der Waals surface area contributed by atoms with Crippen LogP contribution in [-0.4, -0.2) is 35.0 Å². The first-order valence-electron chi connectivity index (χ1n) is 6.69. The molecule has 1 aromatic carbocycles. The molecule has 0 spiro atoms. The highest BCUT2D eigenvalue weighted by atomic mass is 16.4. The third-order valence-corrected chi connectivity index (χ3v) is 2.86. The van der Waals surface area contributed by atoms with Gasteiger partial charge in [0.2, 0.25) is 0 Å². The number of benzene rings is 1. The van der Waals surface area contributed by atoms with Crippen LogP contribution in [0.3, 0.4) is 0 Å². The monoisotopic (exact) mass is 263 g/mol. The predicted octanol–water partition coefficient (Wildman–Crippen LogP) is 2.58. The van der Waals surface area contributed by atoms with Gasteiger partial charge in [0, 0.05) is 18.7 Å². The lowest BCUT2D eigenvalue weighted by Crippen LogP contribution is -2.33. The molecule has 0 aliphatic rings. The van der Waals surface area contributed by atoms with Crippen molar-refractivity contribution in [3.63, 3.8) is 0 Å². The van der Waals surface area contributed by atoms with E-state index in [0.717, 1.165) is 12.8 Å². The van der Waals surface area contributed by atoms with E-state index >= 15 is 0 Å². The summed E-state index contributed by atoms with van der Waals surface area (Å²) in [5.74, 6) is -0.988. The Bertz CT molecular complexity index is 437. The van der Waals surface area contributed by atoms with Crippen molar-refractivity contribution < 1.29 is 14.7 Å². The molecule has 0 aliphatic heterocycles. The van der Waals surface area contributed by atoms with Gasteiger partial charge in [-0.15, -0.1) is 0 Å². The van der Waals surface area contributed by atoms with Crippen molar-refractivity contribution in [2.24, 2.45) is 0 Å². The van der Waals surface area contributed by atoms with Crippen LogP contribution in [0.2, 0.25) is 0 Å². The van der Waals surface area contributed by atoms with Gasteiger partial charge in [-0.2, -0.15) is 0 Å². The van der Waals surface area contributed by atoms with Gasteiger partial charge in [0.05, 0.1) is 6.42 Å². The number of hydrogen-bond acceptors (Lipinski definition) is 2. The highest BCUT2D eigenvalue weighted by Crippen LogP contribution is 2.13. The molecule has 0 aromatic heterocycles. The van der Waals surface area contributed by atoms with Crippen molar-refractivity contribution in [3.05, 3.63) is 35.4 Å². The van der Waals surface area contributed by atoms with Gasteiger partial charge in [0.15, 0.2) is 0 Å². The fourth-order valence-corrected chi connectivity index (χ4v) is 2.07. The second kappa shape index (κ2) is 7.56.